The number of nitrogens with zero attached hydrogens (tertiary/aromatic N) is 2. The fraction of sp³-hybridized carbons (Fsp3) is 0.375. The predicted molar refractivity (Wildman–Crippen MR) is 92.0 cm³/mol. The molecule has 0 spiro atoms. The van der Waals surface area contributed by atoms with Gasteiger partial charge in [-0.2, -0.15) is 0 Å². The van der Waals surface area contributed by atoms with Crippen LogP contribution in [0, 0.1) is 13.8 Å². The number of amides is 1. The zero-order valence-corrected chi connectivity index (χ0v) is 14.8. The molecule has 0 aliphatic rings. The Morgan fingerprint density at radius 1 is 1.30 bits per heavy atom. The molecule has 0 fully saturated rings. The monoisotopic (exact) mass is 355 g/mol. The number of rotatable bonds is 6. The van der Waals surface area contributed by atoms with Gasteiger partial charge in [0.2, 0.25) is 5.91 Å². The summed E-state index contributed by atoms with van der Waals surface area (Å²) in [6, 6.07) is 5.11. The number of nitrogens with one attached hydrogen (secondary N) is 1. The first-order chi connectivity index (χ1) is 10.9. The SMILES string of the molecule is Cc1noc(C)c1CN(C)CCC(=O)Nc1c(Cl)cccc1Cl. The fourth-order valence-corrected chi connectivity index (χ4v) is 2.68. The number of hydrogen-bond acceptors (Lipinski definition) is 4. The predicted octanol–water partition coefficient (Wildman–Crippen LogP) is 4.06. The van der Waals surface area contributed by atoms with E-state index in [1.165, 1.54) is 0 Å². The zero-order chi connectivity index (χ0) is 17.0. The Kier molecular flexibility index (Phi) is 6.04. The standard InChI is InChI=1S/C16H19Cl2N3O2/c1-10-12(11(2)23-20-10)9-21(3)8-7-15(22)19-16-13(17)5-4-6-14(16)18/h4-6H,7-9H2,1-3H3,(H,19,22). The van der Waals surface area contributed by atoms with Crippen LogP contribution in [0.25, 0.3) is 0 Å². The topological polar surface area (TPSA) is 58.4 Å². The Hall–Kier alpha value is -1.56. The van der Waals surface area contributed by atoms with Crippen LogP contribution in [-0.2, 0) is 11.3 Å². The van der Waals surface area contributed by atoms with Crippen LogP contribution in [0.15, 0.2) is 22.7 Å². The molecule has 7 heteroatoms. The summed E-state index contributed by atoms with van der Waals surface area (Å²) in [5.74, 6) is 0.673. The first-order valence-electron chi connectivity index (χ1n) is 7.22. The molecule has 1 heterocycles. The summed E-state index contributed by atoms with van der Waals surface area (Å²) in [7, 11) is 1.95. The van der Waals surface area contributed by atoms with Crippen molar-refractivity contribution in [3.8, 4) is 0 Å². The first kappa shape index (κ1) is 17.8. The molecule has 2 aromatic rings. The highest BCUT2D eigenvalue weighted by Crippen LogP contribution is 2.29. The summed E-state index contributed by atoms with van der Waals surface area (Å²) in [6.45, 7) is 5.07. The third-order valence-corrected chi connectivity index (χ3v) is 4.19. The normalized spacial score (nSPS) is 11.0. The molecule has 0 unspecified atom stereocenters. The maximum Gasteiger partial charge on any atom is 0.225 e. The number of aryl methyl sites for hydroxylation is 2. The van der Waals surface area contributed by atoms with Gasteiger partial charge in [-0.1, -0.05) is 34.4 Å². The molecule has 1 aromatic carbocycles. The van der Waals surface area contributed by atoms with E-state index in [4.69, 9.17) is 27.7 Å². The molecule has 0 saturated carbocycles. The summed E-state index contributed by atoms with van der Waals surface area (Å²) in [6.07, 6.45) is 0.335. The van der Waals surface area contributed by atoms with Crippen molar-refractivity contribution in [2.45, 2.75) is 26.8 Å². The molecule has 1 aromatic heterocycles. The largest absolute Gasteiger partial charge is 0.361 e. The minimum Gasteiger partial charge on any atom is -0.361 e. The van der Waals surface area contributed by atoms with Crippen molar-refractivity contribution in [3.05, 3.63) is 45.3 Å². The summed E-state index contributed by atoms with van der Waals surface area (Å²) >= 11 is 12.1. The second-order valence-electron chi connectivity index (χ2n) is 5.44. The van der Waals surface area contributed by atoms with E-state index in [1.54, 1.807) is 18.2 Å². The van der Waals surface area contributed by atoms with Gasteiger partial charge in [0.15, 0.2) is 0 Å². The Morgan fingerprint density at radius 2 is 1.96 bits per heavy atom. The fourth-order valence-electron chi connectivity index (χ4n) is 2.19. The van der Waals surface area contributed by atoms with Crippen LogP contribution in [0.1, 0.15) is 23.4 Å². The molecule has 0 radical (unpaired) electrons. The first-order valence-corrected chi connectivity index (χ1v) is 7.98. The molecule has 1 amide bonds. The van der Waals surface area contributed by atoms with Gasteiger partial charge in [0.25, 0.3) is 0 Å². The minimum atomic E-state index is -0.134. The number of para-hydroxylation sites is 1. The summed E-state index contributed by atoms with van der Waals surface area (Å²) in [5, 5.41) is 7.54. The van der Waals surface area contributed by atoms with Crippen LogP contribution in [0.2, 0.25) is 10.0 Å². The van der Waals surface area contributed by atoms with E-state index in [0.717, 1.165) is 17.0 Å². The summed E-state index contributed by atoms with van der Waals surface area (Å²) in [4.78, 5) is 14.1. The molecular formula is C16H19Cl2N3O2. The number of anilines is 1. The molecule has 0 aliphatic heterocycles. The van der Waals surface area contributed by atoms with Gasteiger partial charge in [0, 0.05) is 25.1 Å². The van der Waals surface area contributed by atoms with Gasteiger partial charge in [-0.15, -0.1) is 0 Å². The van der Waals surface area contributed by atoms with Crippen LogP contribution in [0.4, 0.5) is 5.69 Å². The van der Waals surface area contributed by atoms with Crippen LogP contribution in [-0.4, -0.2) is 29.6 Å². The highest BCUT2D eigenvalue weighted by Gasteiger charge is 2.13. The van der Waals surface area contributed by atoms with Crippen LogP contribution in [0.3, 0.4) is 0 Å². The molecule has 124 valence electrons. The number of carbonyl (C=O) groups is 1. The van der Waals surface area contributed by atoms with E-state index in [9.17, 15) is 4.79 Å². The van der Waals surface area contributed by atoms with Gasteiger partial charge in [0.05, 0.1) is 21.4 Å². The third-order valence-electron chi connectivity index (χ3n) is 3.56. The average Bonchev–Trinajstić information content (AvgIpc) is 2.81. The Balaban J connectivity index is 1.87. The second-order valence-corrected chi connectivity index (χ2v) is 6.25. The third kappa shape index (κ3) is 4.70. The Bertz CT molecular complexity index is 661. The lowest BCUT2D eigenvalue weighted by molar-refractivity contribution is -0.116. The number of carbonyl (C=O) groups excluding carboxylic acids is 1. The van der Waals surface area contributed by atoms with Crippen molar-refractivity contribution in [3.63, 3.8) is 0 Å². The van der Waals surface area contributed by atoms with Crippen molar-refractivity contribution < 1.29 is 9.32 Å². The van der Waals surface area contributed by atoms with Crippen molar-refractivity contribution in [1.29, 1.82) is 0 Å². The van der Waals surface area contributed by atoms with E-state index < -0.39 is 0 Å². The van der Waals surface area contributed by atoms with E-state index in [2.05, 4.69) is 10.5 Å². The lowest BCUT2D eigenvalue weighted by Gasteiger charge is -2.16. The van der Waals surface area contributed by atoms with E-state index in [-0.39, 0.29) is 5.91 Å². The van der Waals surface area contributed by atoms with Crippen molar-refractivity contribution >= 4 is 34.8 Å². The molecule has 5 nitrogen and oxygen atoms in total. The molecule has 2 rings (SSSR count). The number of aromatic nitrogens is 1. The highest BCUT2D eigenvalue weighted by atomic mass is 35.5. The number of halogens is 2. The van der Waals surface area contributed by atoms with E-state index >= 15 is 0 Å². The molecule has 0 bridgehead atoms. The molecule has 23 heavy (non-hydrogen) atoms. The van der Waals surface area contributed by atoms with Gasteiger partial charge in [-0.3, -0.25) is 4.79 Å². The molecular weight excluding hydrogens is 337 g/mol. The minimum absolute atomic E-state index is 0.134. The lowest BCUT2D eigenvalue weighted by Crippen LogP contribution is -2.24. The summed E-state index contributed by atoms with van der Waals surface area (Å²) < 4.78 is 5.14. The molecule has 0 atom stereocenters. The van der Waals surface area contributed by atoms with E-state index in [1.807, 2.05) is 25.8 Å². The quantitative estimate of drug-likeness (QED) is 0.848. The second kappa shape index (κ2) is 7.81. The van der Waals surface area contributed by atoms with Gasteiger partial charge >= 0.3 is 0 Å². The van der Waals surface area contributed by atoms with Crippen LogP contribution >= 0.6 is 23.2 Å². The Morgan fingerprint density at radius 3 is 2.52 bits per heavy atom. The lowest BCUT2D eigenvalue weighted by atomic mass is 10.2. The molecule has 0 saturated heterocycles. The molecule has 0 aliphatic carbocycles. The number of hydrogen-bond donors (Lipinski definition) is 1. The van der Waals surface area contributed by atoms with Crippen LogP contribution < -0.4 is 5.32 Å². The van der Waals surface area contributed by atoms with Gasteiger partial charge in [-0.05, 0) is 33.0 Å². The van der Waals surface area contributed by atoms with Crippen molar-refractivity contribution in [1.82, 2.24) is 10.1 Å². The van der Waals surface area contributed by atoms with E-state index in [0.29, 0.717) is 35.2 Å². The van der Waals surface area contributed by atoms with Crippen LogP contribution in [0.5, 0.6) is 0 Å². The Labute approximate surface area is 145 Å². The molecule has 1 N–H and O–H groups in total. The maximum atomic E-state index is 12.1. The van der Waals surface area contributed by atoms with Gasteiger partial charge in [0.1, 0.15) is 5.76 Å². The highest BCUT2D eigenvalue weighted by molar-refractivity contribution is 6.39. The smallest absolute Gasteiger partial charge is 0.225 e. The maximum absolute atomic E-state index is 12.1. The van der Waals surface area contributed by atoms with Crippen molar-refractivity contribution in [2.24, 2.45) is 0 Å². The van der Waals surface area contributed by atoms with Crippen molar-refractivity contribution in [2.75, 3.05) is 18.9 Å². The average molecular weight is 356 g/mol. The number of benzene rings is 1. The van der Waals surface area contributed by atoms with Gasteiger partial charge < -0.3 is 14.7 Å². The zero-order valence-electron chi connectivity index (χ0n) is 13.3. The summed E-state index contributed by atoms with van der Waals surface area (Å²) in [5.41, 5.74) is 2.39. The van der Waals surface area contributed by atoms with Gasteiger partial charge in [-0.25, -0.2) is 0 Å².